The predicted octanol–water partition coefficient (Wildman–Crippen LogP) is 3.37. The molecule has 2 unspecified atom stereocenters. The number of likely N-dealkylation sites (N-methyl/N-ethyl adjacent to an activating group) is 1. The number of hydrazine groups is 1. The van der Waals surface area contributed by atoms with Crippen molar-refractivity contribution in [3.8, 4) is 0 Å². The van der Waals surface area contributed by atoms with E-state index in [4.69, 9.17) is 0 Å². The van der Waals surface area contributed by atoms with E-state index in [1.54, 1.807) is 39.0 Å². The number of carbonyl (C=O) groups excluding carboxylic acids is 3. The van der Waals surface area contributed by atoms with Crippen molar-refractivity contribution >= 4 is 17.8 Å². The van der Waals surface area contributed by atoms with Gasteiger partial charge in [0.25, 0.3) is 0 Å². The summed E-state index contributed by atoms with van der Waals surface area (Å²) in [5.41, 5.74) is 1.75. The molecule has 192 valence electrons. The number of urea groups is 1. The smallest absolute Gasteiger partial charge is 0.333 e. The van der Waals surface area contributed by atoms with E-state index in [0.29, 0.717) is 13.0 Å². The van der Waals surface area contributed by atoms with Gasteiger partial charge in [0.15, 0.2) is 0 Å². The van der Waals surface area contributed by atoms with Crippen LogP contribution in [-0.4, -0.2) is 70.0 Å². The second-order valence-corrected chi connectivity index (χ2v) is 9.63. The number of nitrogens with zero attached hydrogens (tertiary/aromatic N) is 4. The lowest BCUT2D eigenvalue weighted by atomic mass is 9.91. The first-order valence-electron chi connectivity index (χ1n) is 12.4. The molecule has 2 aliphatic heterocycles. The fourth-order valence-corrected chi connectivity index (χ4v) is 5.08. The lowest BCUT2D eigenvalue weighted by Gasteiger charge is -2.56. The number of amides is 4. The zero-order valence-corrected chi connectivity index (χ0v) is 21.2. The van der Waals surface area contributed by atoms with Crippen molar-refractivity contribution in [1.82, 2.24) is 25.1 Å². The molecule has 0 bridgehead atoms. The van der Waals surface area contributed by atoms with Crippen molar-refractivity contribution in [1.29, 1.82) is 0 Å². The summed E-state index contributed by atoms with van der Waals surface area (Å²) in [6.07, 6.45) is 0.0356. The molecule has 2 heterocycles. The van der Waals surface area contributed by atoms with Crippen molar-refractivity contribution in [3.05, 3.63) is 71.5 Å². The van der Waals surface area contributed by atoms with Crippen molar-refractivity contribution in [2.24, 2.45) is 5.92 Å². The Bertz CT molecular complexity index is 1100. The zero-order valence-electron chi connectivity index (χ0n) is 21.2. The van der Waals surface area contributed by atoms with Crippen molar-refractivity contribution < 1.29 is 18.8 Å². The summed E-state index contributed by atoms with van der Waals surface area (Å²) in [5.74, 6) is -0.785. The highest BCUT2D eigenvalue weighted by molar-refractivity contribution is 5.92. The summed E-state index contributed by atoms with van der Waals surface area (Å²) < 4.78 is 13.5. The number of hydrogen-bond acceptors (Lipinski definition) is 4. The molecule has 4 amide bonds. The Morgan fingerprint density at radius 1 is 1.08 bits per heavy atom. The largest absolute Gasteiger partial charge is 0.334 e. The summed E-state index contributed by atoms with van der Waals surface area (Å²) in [4.78, 5) is 43.8. The summed E-state index contributed by atoms with van der Waals surface area (Å²) in [5, 5.41) is 6.13. The summed E-state index contributed by atoms with van der Waals surface area (Å²) in [6.45, 7) is 6.33. The van der Waals surface area contributed by atoms with Crippen LogP contribution in [0.2, 0.25) is 0 Å². The van der Waals surface area contributed by atoms with Gasteiger partial charge < -0.3 is 15.1 Å². The van der Waals surface area contributed by atoms with E-state index in [9.17, 15) is 18.8 Å². The van der Waals surface area contributed by atoms with E-state index in [0.717, 1.165) is 11.1 Å². The molecule has 2 saturated heterocycles. The van der Waals surface area contributed by atoms with Gasteiger partial charge in [0.1, 0.15) is 18.0 Å². The van der Waals surface area contributed by atoms with Gasteiger partial charge in [-0.15, -0.1) is 0 Å². The van der Waals surface area contributed by atoms with Gasteiger partial charge in [-0.05, 0) is 36.1 Å². The van der Waals surface area contributed by atoms with E-state index >= 15 is 0 Å². The molecule has 0 aromatic heterocycles. The van der Waals surface area contributed by atoms with Crippen LogP contribution in [0.4, 0.5) is 9.18 Å². The van der Waals surface area contributed by atoms with E-state index in [1.165, 1.54) is 12.1 Å². The molecule has 4 rings (SSSR count). The Labute approximate surface area is 211 Å². The monoisotopic (exact) mass is 495 g/mol. The Kier molecular flexibility index (Phi) is 7.59. The van der Waals surface area contributed by atoms with Gasteiger partial charge in [0, 0.05) is 13.6 Å². The third-order valence-electron chi connectivity index (χ3n) is 7.32. The molecule has 4 atom stereocenters. The second kappa shape index (κ2) is 10.7. The lowest BCUT2D eigenvalue weighted by Crippen LogP contribution is -2.76. The molecule has 2 aliphatic rings. The minimum absolute atomic E-state index is 0.00296. The average Bonchev–Trinajstić information content (AvgIpc) is 2.87. The minimum Gasteiger partial charge on any atom is -0.333 e. The number of benzene rings is 2. The van der Waals surface area contributed by atoms with Crippen LogP contribution < -0.4 is 5.32 Å². The SMILES string of the molecule is CCC(C)[C@H]1C(=O)N(C(C)c2ccc(F)cc2)C[C@H]2N1C(=O)CN(C)N2C(=O)NCc1ccccc1. The van der Waals surface area contributed by atoms with E-state index in [-0.39, 0.29) is 48.7 Å². The number of piperazine rings is 1. The first-order chi connectivity index (χ1) is 17.2. The first kappa shape index (κ1) is 25.6. The third kappa shape index (κ3) is 4.93. The molecule has 0 saturated carbocycles. The van der Waals surface area contributed by atoms with E-state index in [2.05, 4.69) is 5.32 Å². The molecule has 1 N–H and O–H groups in total. The molecule has 8 nitrogen and oxygen atoms in total. The number of nitrogens with one attached hydrogen (secondary N) is 1. The zero-order chi connectivity index (χ0) is 26.0. The Morgan fingerprint density at radius 3 is 2.39 bits per heavy atom. The summed E-state index contributed by atoms with van der Waals surface area (Å²) >= 11 is 0. The van der Waals surface area contributed by atoms with Crippen LogP contribution in [-0.2, 0) is 16.1 Å². The molecule has 0 spiro atoms. The fraction of sp³-hybridized carbons (Fsp3) is 0.444. The highest BCUT2D eigenvalue weighted by Gasteiger charge is 2.52. The molecular weight excluding hydrogens is 461 g/mol. The van der Waals surface area contributed by atoms with E-state index < -0.39 is 12.2 Å². The van der Waals surface area contributed by atoms with Crippen molar-refractivity contribution in [2.75, 3.05) is 20.1 Å². The summed E-state index contributed by atoms with van der Waals surface area (Å²) in [7, 11) is 1.71. The first-order valence-corrected chi connectivity index (χ1v) is 12.4. The highest BCUT2D eigenvalue weighted by atomic mass is 19.1. The van der Waals surface area contributed by atoms with Crippen LogP contribution in [0.25, 0.3) is 0 Å². The number of rotatable bonds is 6. The van der Waals surface area contributed by atoms with Crippen LogP contribution in [0.1, 0.15) is 44.4 Å². The second-order valence-electron chi connectivity index (χ2n) is 9.63. The van der Waals surface area contributed by atoms with Gasteiger partial charge in [0.2, 0.25) is 11.8 Å². The van der Waals surface area contributed by atoms with Gasteiger partial charge in [-0.2, -0.15) is 0 Å². The quantitative estimate of drug-likeness (QED) is 0.667. The molecule has 9 heteroatoms. The molecule has 2 aromatic rings. The average molecular weight is 496 g/mol. The highest BCUT2D eigenvalue weighted by Crippen LogP contribution is 2.34. The molecule has 0 aliphatic carbocycles. The molecule has 2 aromatic carbocycles. The van der Waals surface area contributed by atoms with Crippen molar-refractivity contribution in [3.63, 3.8) is 0 Å². The maximum Gasteiger partial charge on any atom is 0.334 e. The third-order valence-corrected chi connectivity index (χ3v) is 7.32. The Morgan fingerprint density at radius 2 is 1.75 bits per heavy atom. The number of hydrogen-bond donors (Lipinski definition) is 1. The maximum atomic E-state index is 13.8. The fourth-order valence-electron chi connectivity index (χ4n) is 5.08. The number of fused-ring (bicyclic) bond motifs is 1. The van der Waals surface area contributed by atoms with Gasteiger partial charge in [-0.1, -0.05) is 62.7 Å². The topological polar surface area (TPSA) is 76.2 Å². The minimum atomic E-state index is -0.692. The van der Waals surface area contributed by atoms with Crippen LogP contribution in [0.5, 0.6) is 0 Å². The Hall–Kier alpha value is -3.46. The van der Waals surface area contributed by atoms with Gasteiger partial charge >= 0.3 is 6.03 Å². The van der Waals surface area contributed by atoms with Crippen LogP contribution in [0.15, 0.2) is 54.6 Å². The van der Waals surface area contributed by atoms with E-state index in [1.807, 2.05) is 51.1 Å². The molecule has 36 heavy (non-hydrogen) atoms. The molecule has 2 fully saturated rings. The maximum absolute atomic E-state index is 13.8. The summed E-state index contributed by atoms with van der Waals surface area (Å²) in [6, 6.07) is 14.3. The molecule has 0 radical (unpaired) electrons. The van der Waals surface area contributed by atoms with Gasteiger partial charge in [-0.25, -0.2) is 19.2 Å². The van der Waals surface area contributed by atoms with Gasteiger partial charge in [-0.3, -0.25) is 9.59 Å². The predicted molar refractivity (Wildman–Crippen MR) is 134 cm³/mol. The standard InChI is InChI=1S/C27H34FN5O3/c1-5-18(2)25-26(35)31(19(3)21-11-13-22(28)14-12-21)16-23-32(25)24(34)17-30(4)33(23)27(36)29-15-20-9-7-6-8-10-20/h6-14,18-19,23,25H,5,15-17H2,1-4H3,(H,29,36)/t18?,19?,23-,25-/m0/s1. The number of halogens is 1. The van der Waals surface area contributed by atoms with Crippen LogP contribution >= 0.6 is 0 Å². The van der Waals surface area contributed by atoms with Crippen LogP contribution in [0, 0.1) is 11.7 Å². The number of carbonyl (C=O) groups is 3. The Balaban J connectivity index is 1.66. The molecular formula is C27H34FN5O3. The normalized spacial score (nSPS) is 22.3. The van der Waals surface area contributed by atoms with Crippen molar-refractivity contribution in [2.45, 2.75) is 52.0 Å². The van der Waals surface area contributed by atoms with Crippen LogP contribution in [0.3, 0.4) is 0 Å². The lowest BCUT2D eigenvalue weighted by molar-refractivity contribution is -0.192. The van der Waals surface area contributed by atoms with Gasteiger partial charge in [0.05, 0.1) is 19.1 Å².